The summed E-state index contributed by atoms with van der Waals surface area (Å²) < 4.78 is 41.4. The summed E-state index contributed by atoms with van der Waals surface area (Å²) in [6, 6.07) is 33.4. The lowest BCUT2D eigenvalue weighted by atomic mass is 9.80. The lowest BCUT2D eigenvalue weighted by molar-refractivity contribution is -0.153. The number of nitrogens with zero attached hydrogens (tertiary/aromatic N) is 3. The van der Waals surface area contributed by atoms with Gasteiger partial charge >= 0.3 is 12.1 Å². The number of thiazole rings is 1. The molecule has 0 bridgehead atoms. The number of fused-ring (bicyclic) bond motifs is 1. The lowest BCUT2D eigenvalue weighted by Crippen LogP contribution is -2.71. The van der Waals surface area contributed by atoms with Crippen molar-refractivity contribution in [3.8, 4) is 5.75 Å². The van der Waals surface area contributed by atoms with Crippen molar-refractivity contribution in [3.05, 3.63) is 160 Å². The van der Waals surface area contributed by atoms with Crippen LogP contribution in [0.15, 0.2) is 137 Å². The number of hydrogen-bond donors (Lipinski definition) is 3. The predicted molar refractivity (Wildman–Crippen MR) is 245 cm³/mol. The van der Waals surface area contributed by atoms with E-state index in [1.54, 1.807) is 45.0 Å². The van der Waals surface area contributed by atoms with E-state index in [1.165, 1.54) is 12.5 Å². The van der Waals surface area contributed by atoms with Gasteiger partial charge in [-0.15, -0.1) is 23.1 Å². The van der Waals surface area contributed by atoms with E-state index in [0.29, 0.717) is 28.0 Å². The molecule has 1 aromatic heterocycles. The van der Waals surface area contributed by atoms with Gasteiger partial charge in [0.1, 0.15) is 46.7 Å². The van der Waals surface area contributed by atoms with Crippen LogP contribution in [0.3, 0.4) is 0 Å². The summed E-state index contributed by atoms with van der Waals surface area (Å²) in [4.78, 5) is 67.6. The van der Waals surface area contributed by atoms with Gasteiger partial charge in [-0.2, -0.15) is 0 Å². The fourth-order valence-electron chi connectivity index (χ4n) is 7.07. The quantitative estimate of drug-likeness (QED) is 0.0343. The number of ether oxygens (including phenoxy) is 3. The summed E-state index contributed by atoms with van der Waals surface area (Å²) in [5.41, 5.74) is -0.223. The van der Waals surface area contributed by atoms with Gasteiger partial charge in [-0.1, -0.05) is 108 Å². The minimum atomic E-state index is -4.08. The monoisotopic (exact) mass is 939 g/mol. The molecule has 0 radical (unpaired) electrons. The molecule has 2 aliphatic heterocycles. The Morgan fingerprint density at radius 1 is 0.892 bits per heavy atom. The smallest absolute Gasteiger partial charge is 0.413 e. The van der Waals surface area contributed by atoms with Crippen LogP contribution in [0, 0.1) is 0 Å². The average molecular weight is 940 g/mol. The van der Waals surface area contributed by atoms with Crippen LogP contribution < -0.4 is 15.4 Å². The first-order valence-corrected chi connectivity index (χ1v) is 23.8. The highest BCUT2D eigenvalue weighted by Crippen LogP contribution is 2.43. The molecule has 0 aliphatic carbocycles. The molecular formula is C46H45N5O11S3. The van der Waals surface area contributed by atoms with Crippen molar-refractivity contribution >= 4 is 67.7 Å². The third-order valence-corrected chi connectivity index (χ3v) is 13.3. The molecular weight excluding hydrogens is 895 g/mol. The van der Waals surface area contributed by atoms with Crippen molar-refractivity contribution in [2.75, 3.05) is 29.9 Å². The molecule has 4 aromatic carbocycles. The van der Waals surface area contributed by atoms with Crippen molar-refractivity contribution in [1.29, 1.82) is 0 Å². The van der Waals surface area contributed by atoms with Crippen molar-refractivity contribution in [2.45, 2.75) is 50.0 Å². The van der Waals surface area contributed by atoms with Gasteiger partial charge in [0.05, 0.1) is 12.9 Å². The van der Waals surface area contributed by atoms with Crippen LogP contribution >= 0.6 is 23.1 Å². The first kappa shape index (κ1) is 46.5. The number of thioether (sulfide) groups is 1. The number of nitrogens with one attached hydrogen (secondary N) is 2. The van der Waals surface area contributed by atoms with Crippen LogP contribution in [-0.4, -0.2) is 94.6 Å². The van der Waals surface area contributed by atoms with E-state index < -0.39 is 68.0 Å². The number of carbonyl (C=O) groups is 4. The van der Waals surface area contributed by atoms with Gasteiger partial charge in [0.25, 0.3) is 11.8 Å². The first-order chi connectivity index (χ1) is 31.1. The largest absolute Gasteiger partial charge is 0.497 e. The molecule has 3 heterocycles. The van der Waals surface area contributed by atoms with Crippen LogP contribution in [0.2, 0.25) is 0 Å². The number of benzene rings is 4. The molecule has 1 unspecified atom stereocenters. The van der Waals surface area contributed by atoms with Crippen molar-refractivity contribution in [3.63, 3.8) is 0 Å². The van der Waals surface area contributed by atoms with Gasteiger partial charge < -0.3 is 29.5 Å². The van der Waals surface area contributed by atoms with E-state index in [0.717, 1.165) is 28.0 Å². The van der Waals surface area contributed by atoms with Gasteiger partial charge in [0.2, 0.25) is 5.60 Å². The molecule has 3 amide bonds. The molecule has 1 saturated heterocycles. The van der Waals surface area contributed by atoms with E-state index in [9.17, 15) is 32.7 Å². The Morgan fingerprint density at radius 3 is 2.02 bits per heavy atom. The Hall–Kier alpha value is -6.54. The molecule has 5 aromatic rings. The molecule has 65 heavy (non-hydrogen) atoms. The molecule has 0 saturated carbocycles. The zero-order valence-corrected chi connectivity index (χ0v) is 38.1. The van der Waals surface area contributed by atoms with E-state index in [4.69, 9.17) is 19.0 Å². The van der Waals surface area contributed by atoms with Crippen LogP contribution in [0.1, 0.15) is 48.7 Å². The van der Waals surface area contributed by atoms with E-state index in [2.05, 4.69) is 20.8 Å². The summed E-state index contributed by atoms with van der Waals surface area (Å²) >= 11 is 2.11. The number of sulfone groups is 1. The summed E-state index contributed by atoms with van der Waals surface area (Å²) in [5.74, 6) is -3.93. The number of oxime groups is 1. The number of hydrogen-bond acceptors (Lipinski definition) is 15. The van der Waals surface area contributed by atoms with Gasteiger partial charge in [0.15, 0.2) is 20.7 Å². The zero-order valence-electron chi connectivity index (χ0n) is 35.6. The fraction of sp³-hybridized carbons (Fsp3) is 0.261. The number of carbonyl (C=O) groups excluding carboxylic acids is 4. The number of aliphatic hydroxyl groups excluding tert-OH is 1. The summed E-state index contributed by atoms with van der Waals surface area (Å²) in [5, 5.41) is 20.1. The van der Waals surface area contributed by atoms with Crippen molar-refractivity contribution in [1.82, 2.24) is 15.2 Å². The second kappa shape index (κ2) is 19.7. The molecule has 0 spiro atoms. The molecule has 16 nitrogen and oxygen atoms in total. The third-order valence-electron chi connectivity index (χ3n) is 10.0. The average Bonchev–Trinajstić information content (AvgIpc) is 3.76. The second-order valence-electron chi connectivity index (χ2n) is 15.7. The Kier molecular flexibility index (Phi) is 14.1. The summed E-state index contributed by atoms with van der Waals surface area (Å²) in [6.45, 7) is 4.92. The van der Waals surface area contributed by atoms with Crippen LogP contribution in [-0.2, 0) is 50.7 Å². The highest BCUT2D eigenvalue weighted by molar-refractivity contribution is 8.00. The molecule has 2 aliphatic rings. The van der Waals surface area contributed by atoms with E-state index in [-0.39, 0.29) is 40.2 Å². The number of aromatic nitrogens is 1. The first-order valence-electron chi connectivity index (χ1n) is 20.1. The van der Waals surface area contributed by atoms with Crippen LogP contribution in [0.25, 0.3) is 0 Å². The van der Waals surface area contributed by atoms with E-state index >= 15 is 0 Å². The van der Waals surface area contributed by atoms with Gasteiger partial charge in [-0.3, -0.25) is 19.8 Å². The van der Waals surface area contributed by atoms with Crippen LogP contribution in [0.5, 0.6) is 5.75 Å². The molecule has 2 atom stereocenters. The molecule has 3 N–H and O–H groups in total. The minimum Gasteiger partial charge on any atom is -0.497 e. The maximum atomic E-state index is 14.7. The summed E-state index contributed by atoms with van der Waals surface area (Å²) in [6.07, 6.45) is -0.777. The van der Waals surface area contributed by atoms with Crippen molar-refractivity contribution < 1.29 is 51.8 Å². The molecule has 338 valence electrons. The van der Waals surface area contributed by atoms with E-state index in [1.807, 2.05) is 91.0 Å². The SMILES string of the molecule is COc1ccc(COC(=O)C2=C(CS(=O)(=O)CO)CS[C@@H]3C(NC(=O)/C(=N\OC(c4ccccc4)(c4ccccc4)c4ccccc4)c4csc(NC(=O)OC(C)(C)C)n4)C(=O)N23)cc1. The Balaban J connectivity index is 1.23. The lowest BCUT2D eigenvalue weighted by Gasteiger charge is -2.49. The number of aliphatic hydroxyl groups is 1. The molecule has 1 fully saturated rings. The highest BCUT2D eigenvalue weighted by Gasteiger charge is 2.55. The van der Waals surface area contributed by atoms with Gasteiger partial charge in [-0.25, -0.2) is 23.0 Å². The number of rotatable bonds is 16. The Labute approximate surface area is 383 Å². The van der Waals surface area contributed by atoms with Crippen molar-refractivity contribution in [2.24, 2.45) is 5.16 Å². The Bertz CT molecular complexity index is 2610. The Morgan fingerprint density at radius 2 is 1.48 bits per heavy atom. The summed E-state index contributed by atoms with van der Waals surface area (Å²) in [7, 11) is -2.57. The fourth-order valence-corrected chi connectivity index (χ4v) is 10.1. The standard InChI is InChI=1S/C46H45N5O11S3/c1-45(2,3)61-44(56)49-43-47-35(26-64-43)36(50-62-46(31-14-8-5-9-15-31,32-16-10-6-11-17-32)33-18-12-7-13-19-33)39(53)48-37-40(54)51-38(30(25-63-41(37)51)27-65(57,58)28-52)42(55)60-24-29-20-22-34(59-4)23-21-29/h5-23,26,37,41,52H,24-25,27-28H2,1-4H3,(H,48,53)(H,47,49,56)/b50-36-/t37?,41-/m1/s1. The highest BCUT2D eigenvalue weighted by atomic mass is 32.2. The third kappa shape index (κ3) is 10.5. The normalized spacial score (nSPS) is 16.5. The topological polar surface area (TPSA) is 212 Å². The number of methoxy groups -OCH3 is 1. The van der Waals surface area contributed by atoms with Gasteiger partial charge in [-0.05, 0) is 44.0 Å². The molecule has 7 rings (SSSR count). The number of esters is 1. The number of amides is 3. The van der Waals surface area contributed by atoms with Gasteiger partial charge in [0, 0.05) is 27.8 Å². The maximum Gasteiger partial charge on any atom is 0.413 e. The predicted octanol–water partition coefficient (Wildman–Crippen LogP) is 5.97. The molecule has 19 heteroatoms. The zero-order chi connectivity index (χ0) is 46.4. The number of anilines is 1. The second-order valence-corrected chi connectivity index (χ2v) is 19.7. The van der Waals surface area contributed by atoms with Crippen LogP contribution in [0.4, 0.5) is 9.93 Å². The minimum absolute atomic E-state index is 0.0132. The number of β-lactam (4-membered cyclic amide) rings is 1. The maximum absolute atomic E-state index is 14.7.